The number of halogens is 1. The fourth-order valence-corrected chi connectivity index (χ4v) is 1.93. The molecule has 0 heterocycles. The Hall–Kier alpha value is -1.85. The molecule has 0 N–H and O–H groups in total. The maximum atomic E-state index is 13.0. The SMILES string of the molecule is [B]c1ccc(C(=O)N(CC(=O)OC)CC2CC2F)cc1. The van der Waals surface area contributed by atoms with Crippen molar-refractivity contribution in [3.8, 4) is 0 Å². The molecule has 1 fully saturated rings. The number of alkyl halides is 1. The van der Waals surface area contributed by atoms with Crippen molar-refractivity contribution < 1.29 is 18.7 Å². The molecule has 2 atom stereocenters. The summed E-state index contributed by atoms with van der Waals surface area (Å²) in [6, 6.07) is 6.39. The zero-order valence-electron chi connectivity index (χ0n) is 11.2. The zero-order chi connectivity index (χ0) is 14.7. The predicted molar refractivity (Wildman–Crippen MR) is 72.8 cm³/mol. The van der Waals surface area contributed by atoms with Crippen LogP contribution in [0.2, 0.25) is 0 Å². The number of carbonyl (C=O) groups excluding carboxylic acids is 2. The third kappa shape index (κ3) is 3.59. The van der Waals surface area contributed by atoms with E-state index in [1.807, 2.05) is 0 Å². The first-order chi connectivity index (χ1) is 9.51. The van der Waals surface area contributed by atoms with E-state index < -0.39 is 12.1 Å². The maximum absolute atomic E-state index is 13.0. The van der Waals surface area contributed by atoms with Crippen LogP contribution in [0.15, 0.2) is 24.3 Å². The molecule has 0 aromatic heterocycles. The third-order valence-electron chi connectivity index (χ3n) is 3.28. The molecule has 1 aliphatic rings. The van der Waals surface area contributed by atoms with Gasteiger partial charge >= 0.3 is 5.97 Å². The number of rotatable bonds is 5. The Balaban J connectivity index is 2.09. The number of carbonyl (C=O) groups is 2. The van der Waals surface area contributed by atoms with E-state index >= 15 is 0 Å². The van der Waals surface area contributed by atoms with Crippen molar-refractivity contribution in [2.75, 3.05) is 20.2 Å². The Morgan fingerprint density at radius 2 is 2.00 bits per heavy atom. The second kappa shape index (κ2) is 6.07. The summed E-state index contributed by atoms with van der Waals surface area (Å²) in [5.41, 5.74) is 0.964. The van der Waals surface area contributed by atoms with Gasteiger partial charge in [-0.2, -0.15) is 0 Å². The molecule has 20 heavy (non-hydrogen) atoms. The van der Waals surface area contributed by atoms with Gasteiger partial charge in [0.2, 0.25) is 0 Å². The van der Waals surface area contributed by atoms with Gasteiger partial charge in [-0.25, -0.2) is 4.39 Å². The van der Waals surface area contributed by atoms with E-state index in [-0.39, 0.29) is 24.9 Å². The van der Waals surface area contributed by atoms with Crippen LogP contribution in [0.5, 0.6) is 0 Å². The average Bonchev–Trinajstić information content (AvgIpc) is 3.13. The molecule has 1 saturated carbocycles. The first-order valence-corrected chi connectivity index (χ1v) is 6.37. The largest absolute Gasteiger partial charge is 0.468 e. The number of hydrogen-bond donors (Lipinski definition) is 0. The minimum absolute atomic E-state index is 0.178. The van der Waals surface area contributed by atoms with E-state index in [4.69, 9.17) is 7.85 Å². The van der Waals surface area contributed by atoms with Gasteiger partial charge in [0, 0.05) is 18.0 Å². The summed E-state index contributed by atoms with van der Waals surface area (Å²) in [6.07, 6.45) is -0.443. The summed E-state index contributed by atoms with van der Waals surface area (Å²) in [6.45, 7) is 0.0441. The van der Waals surface area contributed by atoms with Crippen LogP contribution < -0.4 is 5.46 Å². The first-order valence-electron chi connectivity index (χ1n) is 6.37. The summed E-state index contributed by atoms with van der Waals surface area (Å²) < 4.78 is 17.6. The molecule has 104 valence electrons. The second-order valence-electron chi connectivity index (χ2n) is 4.90. The van der Waals surface area contributed by atoms with Gasteiger partial charge in [0.05, 0.1) is 7.11 Å². The first kappa shape index (κ1) is 14.6. The highest BCUT2D eigenvalue weighted by Crippen LogP contribution is 2.34. The summed E-state index contributed by atoms with van der Waals surface area (Å²) >= 11 is 0. The van der Waals surface area contributed by atoms with Crippen molar-refractivity contribution in [1.29, 1.82) is 0 Å². The molecule has 1 aliphatic carbocycles. The molecule has 2 rings (SSSR count). The smallest absolute Gasteiger partial charge is 0.325 e. The van der Waals surface area contributed by atoms with Crippen LogP contribution in [-0.4, -0.2) is 51.0 Å². The monoisotopic (exact) mass is 275 g/mol. The topological polar surface area (TPSA) is 46.6 Å². The van der Waals surface area contributed by atoms with Gasteiger partial charge < -0.3 is 9.64 Å². The van der Waals surface area contributed by atoms with E-state index in [2.05, 4.69) is 4.74 Å². The lowest BCUT2D eigenvalue weighted by atomic mass is 9.95. The zero-order valence-corrected chi connectivity index (χ0v) is 11.2. The predicted octanol–water partition coefficient (Wildman–Crippen LogP) is 0.454. The Kier molecular flexibility index (Phi) is 4.42. The number of hydrogen-bond acceptors (Lipinski definition) is 3. The molecular weight excluding hydrogens is 260 g/mol. The fourth-order valence-electron chi connectivity index (χ4n) is 1.93. The van der Waals surface area contributed by atoms with Crippen molar-refractivity contribution in [3.63, 3.8) is 0 Å². The quantitative estimate of drug-likeness (QED) is 0.579. The van der Waals surface area contributed by atoms with E-state index in [9.17, 15) is 14.0 Å². The van der Waals surface area contributed by atoms with Crippen molar-refractivity contribution in [3.05, 3.63) is 29.8 Å². The number of methoxy groups -OCH3 is 1. The van der Waals surface area contributed by atoms with Crippen LogP contribution in [0.4, 0.5) is 4.39 Å². The van der Waals surface area contributed by atoms with Crippen LogP contribution in [-0.2, 0) is 9.53 Å². The number of esters is 1. The van der Waals surface area contributed by atoms with Crippen molar-refractivity contribution in [1.82, 2.24) is 4.90 Å². The van der Waals surface area contributed by atoms with Gasteiger partial charge in [-0.15, -0.1) is 0 Å². The lowest BCUT2D eigenvalue weighted by Gasteiger charge is -2.21. The molecule has 1 aromatic rings. The normalized spacial score (nSPS) is 20.3. The van der Waals surface area contributed by atoms with Gasteiger partial charge in [-0.3, -0.25) is 9.59 Å². The van der Waals surface area contributed by atoms with Gasteiger partial charge in [0.15, 0.2) is 0 Å². The van der Waals surface area contributed by atoms with E-state index in [1.54, 1.807) is 24.3 Å². The van der Waals surface area contributed by atoms with E-state index in [1.165, 1.54) is 12.0 Å². The average molecular weight is 275 g/mol. The van der Waals surface area contributed by atoms with Crippen molar-refractivity contribution in [2.24, 2.45) is 5.92 Å². The molecule has 6 heteroatoms. The molecule has 0 saturated heterocycles. The molecule has 1 amide bonds. The lowest BCUT2D eigenvalue weighted by Crippen LogP contribution is -2.38. The highest BCUT2D eigenvalue weighted by molar-refractivity contribution is 6.32. The van der Waals surface area contributed by atoms with E-state index in [0.717, 1.165) is 0 Å². The maximum Gasteiger partial charge on any atom is 0.325 e. The van der Waals surface area contributed by atoms with Crippen molar-refractivity contribution in [2.45, 2.75) is 12.6 Å². The highest BCUT2D eigenvalue weighted by Gasteiger charge is 2.40. The summed E-state index contributed by atoms with van der Waals surface area (Å²) in [5.74, 6) is -1.03. The van der Waals surface area contributed by atoms with Gasteiger partial charge in [0.25, 0.3) is 5.91 Å². The molecular formula is C14H15BFNO3. The summed E-state index contributed by atoms with van der Waals surface area (Å²) in [7, 11) is 6.82. The minimum Gasteiger partial charge on any atom is -0.468 e. The van der Waals surface area contributed by atoms with Gasteiger partial charge in [-0.05, 0) is 6.42 Å². The van der Waals surface area contributed by atoms with Crippen LogP contribution in [0.1, 0.15) is 16.8 Å². The third-order valence-corrected chi connectivity index (χ3v) is 3.28. The number of benzene rings is 1. The minimum atomic E-state index is -0.880. The summed E-state index contributed by atoms with van der Waals surface area (Å²) in [4.78, 5) is 25.0. The number of nitrogens with zero attached hydrogens (tertiary/aromatic N) is 1. The standard InChI is InChI=1S/C14H15BFNO3/c1-20-13(18)8-17(7-10-6-12(10)16)14(19)9-2-4-11(15)5-3-9/h2-5,10,12H,6-8H2,1H3. The molecule has 2 unspecified atom stereocenters. The Morgan fingerprint density at radius 3 is 2.50 bits per heavy atom. The highest BCUT2D eigenvalue weighted by atomic mass is 19.1. The molecule has 0 bridgehead atoms. The molecule has 0 aliphatic heterocycles. The summed E-state index contributed by atoms with van der Waals surface area (Å²) in [5, 5.41) is 0. The van der Waals surface area contributed by atoms with Gasteiger partial charge in [-0.1, -0.05) is 29.7 Å². The number of ether oxygens (including phenoxy) is 1. The van der Waals surface area contributed by atoms with Gasteiger partial charge in [0.1, 0.15) is 20.6 Å². The number of amides is 1. The molecule has 0 spiro atoms. The second-order valence-corrected chi connectivity index (χ2v) is 4.90. The Labute approximate surface area is 118 Å². The Morgan fingerprint density at radius 1 is 1.40 bits per heavy atom. The fraction of sp³-hybridized carbons (Fsp3) is 0.429. The van der Waals surface area contributed by atoms with Crippen LogP contribution in [0.3, 0.4) is 0 Å². The van der Waals surface area contributed by atoms with Crippen LogP contribution in [0, 0.1) is 5.92 Å². The van der Waals surface area contributed by atoms with Crippen molar-refractivity contribution >= 4 is 25.2 Å². The van der Waals surface area contributed by atoms with Crippen LogP contribution >= 0.6 is 0 Å². The Bertz CT molecular complexity index is 506. The molecule has 4 nitrogen and oxygen atoms in total. The molecule has 2 radical (unpaired) electrons. The lowest BCUT2D eigenvalue weighted by molar-refractivity contribution is -0.141. The van der Waals surface area contributed by atoms with E-state index in [0.29, 0.717) is 17.4 Å². The molecule has 1 aromatic carbocycles. The van der Waals surface area contributed by atoms with Crippen LogP contribution in [0.25, 0.3) is 0 Å².